The number of carbonyl (C=O) groups excluding carboxylic acids is 1. The van der Waals surface area contributed by atoms with Gasteiger partial charge >= 0.3 is 0 Å². The number of unbranched alkanes of at least 4 members (excludes halogenated alkanes) is 1. The van der Waals surface area contributed by atoms with Crippen LogP contribution in [0.4, 0.5) is 5.69 Å². The molecule has 108 valence electrons. The van der Waals surface area contributed by atoms with E-state index in [9.17, 15) is 4.79 Å². The second-order valence-electron chi connectivity index (χ2n) is 4.90. The van der Waals surface area contributed by atoms with Crippen LogP contribution in [0.1, 0.15) is 57.4 Å². The van der Waals surface area contributed by atoms with Gasteiger partial charge in [-0.15, -0.1) is 0 Å². The first-order chi connectivity index (χ1) is 9.04. The van der Waals surface area contributed by atoms with Crippen molar-refractivity contribution < 1.29 is 4.79 Å². The second kappa shape index (κ2) is 7.16. The van der Waals surface area contributed by atoms with Crippen LogP contribution in [0.5, 0.6) is 0 Å². The summed E-state index contributed by atoms with van der Waals surface area (Å²) < 4.78 is 1.71. The maximum atomic E-state index is 12.6. The van der Waals surface area contributed by atoms with Gasteiger partial charge in [-0.05, 0) is 26.7 Å². The average molecular weight is 266 g/mol. The van der Waals surface area contributed by atoms with E-state index in [4.69, 9.17) is 5.73 Å². The fourth-order valence-electron chi connectivity index (χ4n) is 1.97. The highest BCUT2D eigenvalue weighted by atomic mass is 16.2. The molecule has 5 nitrogen and oxygen atoms in total. The molecule has 0 spiro atoms. The fourth-order valence-corrected chi connectivity index (χ4v) is 1.97. The molecule has 0 aromatic carbocycles. The lowest BCUT2D eigenvalue weighted by molar-refractivity contribution is 0.0679. The molecule has 0 aliphatic carbocycles. The normalized spacial score (nSPS) is 12.4. The van der Waals surface area contributed by atoms with Crippen molar-refractivity contribution in [3.63, 3.8) is 0 Å². The summed E-state index contributed by atoms with van der Waals surface area (Å²) in [6, 6.07) is 0.213. The van der Waals surface area contributed by atoms with Crippen LogP contribution in [-0.2, 0) is 6.54 Å². The van der Waals surface area contributed by atoms with E-state index in [0.717, 1.165) is 32.4 Å². The van der Waals surface area contributed by atoms with Crippen LogP contribution in [0.2, 0.25) is 0 Å². The molecule has 19 heavy (non-hydrogen) atoms. The van der Waals surface area contributed by atoms with E-state index in [0.29, 0.717) is 11.4 Å². The van der Waals surface area contributed by atoms with Gasteiger partial charge in [-0.3, -0.25) is 9.48 Å². The molecule has 0 saturated heterocycles. The number of hydrogen-bond donors (Lipinski definition) is 1. The van der Waals surface area contributed by atoms with E-state index in [1.807, 2.05) is 11.8 Å². The van der Waals surface area contributed by atoms with E-state index in [-0.39, 0.29) is 11.9 Å². The smallest absolute Gasteiger partial charge is 0.276 e. The van der Waals surface area contributed by atoms with E-state index in [1.54, 1.807) is 10.9 Å². The Kier molecular flexibility index (Phi) is 5.86. The highest BCUT2D eigenvalue weighted by Crippen LogP contribution is 2.16. The lowest BCUT2D eigenvalue weighted by atomic mass is 10.1. The first-order valence-electron chi connectivity index (χ1n) is 7.18. The van der Waals surface area contributed by atoms with Crippen molar-refractivity contribution in [2.45, 2.75) is 59.5 Å². The number of nitrogens with zero attached hydrogens (tertiary/aromatic N) is 3. The fraction of sp³-hybridized carbons (Fsp3) is 0.714. The van der Waals surface area contributed by atoms with Gasteiger partial charge in [0.05, 0.1) is 5.69 Å². The Hall–Kier alpha value is -1.52. The SMILES string of the molecule is CCCCN(C(=O)c1nn(CC)cc1N)C(C)CC. The largest absolute Gasteiger partial charge is 0.396 e. The number of hydrogen-bond acceptors (Lipinski definition) is 3. The molecule has 1 amide bonds. The molecule has 0 bridgehead atoms. The predicted molar refractivity (Wildman–Crippen MR) is 78.0 cm³/mol. The van der Waals surface area contributed by atoms with Gasteiger partial charge in [0.25, 0.3) is 5.91 Å². The number of aryl methyl sites for hydroxylation is 1. The Bertz CT molecular complexity index is 414. The molecule has 1 heterocycles. The van der Waals surface area contributed by atoms with Crippen molar-refractivity contribution in [1.29, 1.82) is 0 Å². The zero-order valence-corrected chi connectivity index (χ0v) is 12.5. The van der Waals surface area contributed by atoms with Crippen LogP contribution in [-0.4, -0.2) is 33.2 Å². The third kappa shape index (κ3) is 3.72. The van der Waals surface area contributed by atoms with Gasteiger partial charge in [-0.25, -0.2) is 0 Å². The van der Waals surface area contributed by atoms with E-state index in [2.05, 4.69) is 25.9 Å². The molecule has 1 rings (SSSR count). The summed E-state index contributed by atoms with van der Waals surface area (Å²) in [6.45, 7) is 9.74. The maximum absolute atomic E-state index is 12.6. The molecule has 5 heteroatoms. The Morgan fingerprint density at radius 2 is 2.16 bits per heavy atom. The molecule has 0 aliphatic heterocycles. The predicted octanol–water partition coefficient (Wildman–Crippen LogP) is 2.53. The number of nitrogen functional groups attached to an aromatic ring is 1. The number of rotatable bonds is 7. The van der Waals surface area contributed by atoms with Crippen LogP contribution in [0.3, 0.4) is 0 Å². The zero-order valence-electron chi connectivity index (χ0n) is 12.5. The lowest BCUT2D eigenvalue weighted by Gasteiger charge is -2.28. The molecule has 1 unspecified atom stereocenters. The molecular weight excluding hydrogens is 240 g/mol. The molecule has 0 radical (unpaired) electrons. The van der Waals surface area contributed by atoms with Crippen molar-refractivity contribution in [2.75, 3.05) is 12.3 Å². The van der Waals surface area contributed by atoms with Crippen molar-refractivity contribution in [1.82, 2.24) is 14.7 Å². The summed E-state index contributed by atoms with van der Waals surface area (Å²) in [5.74, 6) is -0.0486. The van der Waals surface area contributed by atoms with Gasteiger partial charge in [-0.1, -0.05) is 20.3 Å². The van der Waals surface area contributed by atoms with Gasteiger partial charge in [0.1, 0.15) is 0 Å². The standard InChI is InChI=1S/C14H26N4O/c1-5-8-9-18(11(4)6-2)14(19)13-12(15)10-17(7-3)16-13/h10-11H,5-9,15H2,1-4H3. The van der Waals surface area contributed by atoms with E-state index >= 15 is 0 Å². The third-order valence-electron chi connectivity index (χ3n) is 3.45. The summed E-state index contributed by atoms with van der Waals surface area (Å²) in [5.41, 5.74) is 6.75. The quantitative estimate of drug-likeness (QED) is 0.824. The second-order valence-corrected chi connectivity index (χ2v) is 4.90. The molecule has 2 N–H and O–H groups in total. The lowest BCUT2D eigenvalue weighted by Crippen LogP contribution is -2.39. The number of amides is 1. The monoisotopic (exact) mass is 266 g/mol. The molecule has 0 fully saturated rings. The molecule has 1 aromatic rings. The maximum Gasteiger partial charge on any atom is 0.276 e. The molecule has 0 saturated carbocycles. The van der Waals surface area contributed by atoms with Gasteiger partial charge < -0.3 is 10.6 Å². The molecule has 1 atom stereocenters. The summed E-state index contributed by atoms with van der Waals surface area (Å²) >= 11 is 0. The highest BCUT2D eigenvalue weighted by Gasteiger charge is 2.24. The zero-order chi connectivity index (χ0) is 14.4. The third-order valence-corrected chi connectivity index (χ3v) is 3.45. The van der Waals surface area contributed by atoms with Crippen LogP contribution >= 0.6 is 0 Å². The molecular formula is C14H26N4O. The van der Waals surface area contributed by atoms with Gasteiger partial charge in [0.15, 0.2) is 5.69 Å². The van der Waals surface area contributed by atoms with Crippen LogP contribution < -0.4 is 5.73 Å². The Balaban J connectivity index is 2.93. The number of carbonyl (C=O) groups is 1. The Labute approximate surface area is 115 Å². The van der Waals surface area contributed by atoms with Gasteiger partial charge in [0, 0.05) is 25.3 Å². The minimum Gasteiger partial charge on any atom is -0.396 e. The highest BCUT2D eigenvalue weighted by molar-refractivity contribution is 5.97. The van der Waals surface area contributed by atoms with Crippen molar-refractivity contribution in [3.05, 3.63) is 11.9 Å². The van der Waals surface area contributed by atoms with Crippen molar-refractivity contribution >= 4 is 11.6 Å². The van der Waals surface area contributed by atoms with Crippen LogP contribution in [0, 0.1) is 0 Å². The van der Waals surface area contributed by atoms with Crippen molar-refractivity contribution in [2.24, 2.45) is 0 Å². The average Bonchev–Trinajstić information content (AvgIpc) is 2.79. The molecule has 0 aliphatic rings. The first kappa shape index (κ1) is 15.5. The first-order valence-corrected chi connectivity index (χ1v) is 7.18. The minimum atomic E-state index is -0.0486. The topological polar surface area (TPSA) is 64.2 Å². The van der Waals surface area contributed by atoms with Crippen LogP contribution in [0.15, 0.2) is 6.20 Å². The van der Waals surface area contributed by atoms with Gasteiger partial charge in [0.2, 0.25) is 0 Å². The summed E-state index contributed by atoms with van der Waals surface area (Å²) in [7, 11) is 0. The number of aromatic nitrogens is 2. The van der Waals surface area contributed by atoms with Crippen molar-refractivity contribution in [3.8, 4) is 0 Å². The summed E-state index contributed by atoms with van der Waals surface area (Å²) in [4.78, 5) is 14.5. The Morgan fingerprint density at radius 3 is 2.63 bits per heavy atom. The van der Waals surface area contributed by atoms with E-state index < -0.39 is 0 Å². The van der Waals surface area contributed by atoms with Gasteiger partial charge in [-0.2, -0.15) is 5.10 Å². The van der Waals surface area contributed by atoms with E-state index in [1.165, 1.54) is 0 Å². The summed E-state index contributed by atoms with van der Waals surface area (Å²) in [5, 5.41) is 4.27. The number of nitrogens with two attached hydrogens (primary N) is 1. The minimum absolute atomic E-state index is 0.0486. The number of anilines is 1. The summed E-state index contributed by atoms with van der Waals surface area (Å²) in [6.07, 6.45) is 4.73. The molecule has 1 aromatic heterocycles. The van der Waals surface area contributed by atoms with Crippen LogP contribution in [0.25, 0.3) is 0 Å². The Morgan fingerprint density at radius 1 is 1.47 bits per heavy atom.